The number of hydrogen-bond acceptors (Lipinski definition) is 2. The van der Waals surface area contributed by atoms with Gasteiger partial charge in [0.1, 0.15) is 0 Å². The molecule has 0 heterocycles. The highest BCUT2D eigenvalue weighted by atomic mass is 32.2. The molecule has 3 atom stereocenters. The van der Waals surface area contributed by atoms with E-state index in [4.69, 9.17) is 0 Å². The minimum atomic E-state index is 0.770. The van der Waals surface area contributed by atoms with Crippen LogP contribution < -0.4 is 5.32 Å². The molecule has 1 fully saturated rings. The second-order valence-corrected chi connectivity index (χ2v) is 7.02. The molecule has 0 aromatic carbocycles. The van der Waals surface area contributed by atoms with Crippen molar-refractivity contribution in [1.29, 1.82) is 0 Å². The van der Waals surface area contributed by atoms with Crippen molar-refractivity contribution in [3.05, 3.63) is 0 Å². The van der Waals surface area contributed by atoms with Gasteiger partial charge >= 0.3 is 0 Å². The Morgan fingerprint density at radius 1 is 1.33 bits per heavy atom. The third-order valence-electron chi connectivity index (χ3n) is 3.16. The Kier molecular flexibility index (Phi) is 6.06. The molecule has 0 aromatic heterocycles. The van der Waals surface area contributed by atoms with Gasteiger partial charge in [0.25, 0.3) is 0 Å². The van der Waals surface area contributed by atoms with E-state index >= 15 is 0 Å². The van der Waals surface area contributed by atoms with Gasteiger partial charge in [0, 0.05) is 11.3 Å². The van der Waals surface area contributed by atoms with Crippen LogP contribution in [0.1, 0.15) is 53.4 Å². The highest BCUT2D eigenvalue weighted by Gasteiger charge is 2.28. The molecule has 1 aliphatic rings. The van der Waals surface area contributed by atoms with Gasteiger partial charge in [0.2, 0.25) is 0 Å². The quantitative estimate of drug-likeness (QED) is 0.772. The second kappa shape index (κ2) is 6.80. The fourth-order valence-electron chi connectivity index (χ4n) is 2.39. The monoisotopic (exact) mass is 229 g/mol. The lowest BCUT2D eigenvalue weighted by molar-refractivity contribution is 0.317. The van der Waals surface area contributed by atoms with Crippen LogP contribution in [0.5, 0.6) is 0 Å². The van der Waals surface area contributed by atoms with Gasteiger partial charge in [-0.05, 0) is 43.4 Å². The summed E-state index contributed by atoms with van der Waals surface area (Å²) in [5, 5.41) is 5.34. The standard InChI is InChI=1S/C13H27NS/c1-5-8-14-12-7-6-11(4)9-13(12)15-10(2)3/h10-14H,5-9H2,1-4H3. The van der Waals surface area contributed by atoms with Gasteiger partial charge in [0.15, 0.2) is 0 Å². The molecule has 1 aliphatic carbocycles. The van der Waals surface area contributed by atoms with Gasteiger partial charge in [-0.25, -0.2) is 0 Å². The Hall–Kier alpha value is 0.310. The van der Waals surface area contributed by atoms with E-state index in [9.17, 15) is 0 Å². The summed E-state index contributed by atoms with van der Waals surface area (Å²) < 4.78 is 0. The van der Waals surface area contributed by atoms with E-state index < -0.39 is 0 Å². The first kappa shape index (κ1) is 13.4. The molecule has 2 heteroatoms. The van der Waals surface area contributed by atoms with E-state index in [1.54, 1.807) is 0 Å². The van der Waals surface area contributed by atoms with Crippen LogP contribution >= 0.6 is 11.8 Å². The molecule has 0 aliphatic heterocycles. The van der Waals surface area contributed by atoms with Gasteiger partial charge < -0.3 is 5.32 Å². The maximum absolute atomic E-state index is 3.73. The SMILES string of the molecule is CCCNC1CCC(C)CC1SC(C)C. The number of hydrogen-bond donors (Lipinski definition) is 1. The first-order valence-electron chi connectivity index (χ1n) is 6.52. The minimum absolute atomic E-state index is 0.770. The fraction of sp³-hybridized carbons (Fsp3) is 1.00. The van der Waals surface area contributed by atoms with Crippen LogP contribution in [0.4, 0.5) is 0 Å². The zero-order valence-electron chi connectivity index (χ0n) is 10.8. The summed E-state index contributed by atoms with van der Waals surface area (Å²) in [4.78, 5) is 0. The maximum Gasteiger partial charge on any atom is 0.0206 e. The average molecular weight is 229 g/mol. The normalized spacial score (nSPS) is 32.2. The molecular weight excluding hydrogens is 202 g/mol. The molecule has 1 rings (SSSR count). The van der Waals surface area contributed by atoms with Gasteiger partial charge in [-0.15, -0.1) is 0 Å². The lowest BCUT2D eigenvalue weighted by Crippen LogP contribution is -2.43. The molecule has 3 unspecified atom stereocenters. The summed E-state index contributed by atoms with van der Waals surface area (Å²) >= 11 is 2.18. The van der Waals surface area contributed by atoms with E-state index in [0.717, 1.165) is 22.5 Å². The summed E-state index contributed by atoms with van der Waals surface area (Å²) in [7, 11) is 0. The molecule has 1 nitrogen and oxygen atoms in total. The third kappa shape index (κ3) is 4.78. The van der Waals surface area contributed by atoms with Crippen LogP contribution in [0.15, 0.2) is 0 Å². The summed E-state index contributed by atoms with van der Waals surface area (Å²) in [6.07, 6.45) is 5.46. The van der Waals surface area contributed by atoms with Crippen LogP contribution in [-0.4, -0.2) is 23.1 Å². The third-order valence-corrected chi connectivity index (χ3v) is 4.57. The van der Waals surface area contributed by atoms with Crippen LogP contribution in [0.25, 0.3) is 0 Å². The van der Waals surface area contributed by atoms with Crippen molar-refractivity contribution >= 4 is 11.8 Å². The van der Waals surface area contributed by atoms with E-state index in [0.29, 0.717) is 0 Å². The van der Waals surface area contributed by atoms with E-state index in [-0.39, 0.29) is 0 Å². The first-order chi connectivity index (χ1) is 7.13. The molecule has 0 saturated heterocycles. The van der Waals surface area contributed by atoms with E-state index in [2.05, 4.69) is 44.8 Å². The van der Waals surface area contributed by atoms with Crippen molar-refractivity contribution in [3.63, 3.8) is 0 Å². The molecule has 0 spiro atoms. The summed E-state index contributed by atoms with van der Waals surface area (Å²) in [6, 6.07) is 0.772. The van der Waals surface area contributed by atoms with Gasteiger partial charge in [-0.3, -0.25) is 0 Å². The average Bonchev–Trinajstić information content (AvgIpc) is 2.16. The van der Waals surface area contributed by atoms with Crippen molar-refractivity contribution in [2.24, 2.45) is 5.92 Å². The summed E-state index contributed by atoms with van der Waals surface area (Å²) in [5.41, 5.74) is 0. The predicted molar refractivity (Wildman–Crippen MR) is 71.6 cm³/mol. The van der Waals surface area contributed by atoms with Gasteiger partial charge in [-0.2, -0.15) is 11.8 Å². The Bertz CT molecular complexity index is 166. The Balaban J connectivity index is 2.42. The maximum atomic E-state index is 3.73. The van der Waals surface area contributed by atoms with Crippen molar-refractivity contribution in [1.82, 2.24) is 5.32 Å². The van der Waals surface area contributed by atoms with Gasteiger partial charge in [0.05, 0.1) is 0 Å². The molecular formula is C13H27NS. The van der Waals surface area contributed by atoms with Crippen LogP contribution in [0.2, 0.25) is 0 Å². The number of rotatable bonds is 5. The minimum Gasteiger partial charge on any atom is -0.313 e. The van der Waals surface area contributed by atoms with Crippen LogP contribution in [0.3, 0.4) is 0 Å². The fourth-order valence-corrected chi connectivity index (χ4v) is 3.95. The zero-order chi connectivity index (χ0) is 11.3. The largest absolute Gasteiger partial charge is 0.313 e. The first-order valence-corrected chi connectivity index (χ1v) is 7.46. The van der Waals surface area contributed by atoms with Crippen LogP contribution in [0, 0.1) is 5.92 Å². The molecule has 1 saturated carbocycles. The predicted octanol–water partition coefficient (Wildman–Crippen LogP) is 3.68. The molecule has 0 amide bonds. The van der Waals surface area contributed by atoms with Crippen molar-refractivity contribution < 1.29 is 0 Å². The Labute approximate surface area is 99.8 Å². The molecule has 0 aromatic rings. The lowest BCUT2D eigenvalue weighted by atomic mass is 9.87. The molecule has 1 N–H and O–H groups in total. The van der Waals surface area contributed by atoms with Crippen molar-refractivity contribution in [2.75, 3.05) is 6.54 Å². The second-order valence-electron chi connectivity index (χ2n) is 5.20. The van der Waals surface area contributed by atoms with Crippen LogP contribution in [-0.2, 0) is 0 Å². The lowest BCUT2D eigenvalue weighted by Gasteiger charge is -2.36. The van der Waals surface area contributed by atoms with E-state index in [1.807, 2.05) is 0 Å². The van der Waals surface area contributed by atoms with Crippen molar-refractivity contribution in [2.45, 2.75) is 69.9 Å². The summed E-state index contributed by atoms with van der Waals surface area (Å²) in [6.45, 7) is 10.5. The number of thioether (sulfide) groups is 1. The van der Waals surface area contributed by atoms with E-state index in [1.165, 1.54) is 32.2 Å². The molecule has 0 bridgehead atoms. The van der Waals surface area contributed by atoms with Gasteiger partial charge in [-0.1, -0.05) is 27.7 Å². The molecule has 0 radical (unpaired) electrons. The Morgan fingerprint density at radius 2 is 2.07 bits per heavy atom. The summed E-state index contributed by atoms with van der Waals surface area (Å²) in [5.74, 6) is 0.931. The topological polar surface area (TPSA) is 12.0 Å². The highest BCUT2D eigenvalue weighted by Crippen LogP contribution is 2.34. The molecule has 15 heavy (non-hydrogen) atoms. The number of nitrogens with one attached hydrogen (secondary N) is 1. The van der Waals surface area contributed by atoms with Crippen molar-refractivity contribution in [3.8, 4) is 0 Å². The smallest absolute Gasteiger partial charge is 0.0206 e. The zero-order valence-corrected chi connectivity index (χ0v) is 11.6. The Morgan fingerprint density at radius 3 is 2.67 bits per heavy atom. The molecule has 90 valence electrons. The highest BCUT2D eigenvalue weighted by molar-refractivity contribution is 8.00.